The molecule has 4 heteroatoms. The molecule has 2 rings (SSSR count). The number of carbonyl (C=O) groups is 1. The summed E-state index contributed by atoms with van der Waals surface area (Å²) in [5.41, 5.74) is 5.94. The van der Waals surface area contributed by atoms with Crippen molar-refractivity contribution in [3.05, 3.63) is 0 Å². The van der Waals surface area contributed by atoms with Crippen molar-refractivity contribution in [1.29, 1.82) is 0 Å². The highest BCUT2D eigenvalue weighted by Crippen LogP contribution is 2.52. The summed E-state index contributed by atoms with van der Waals surface area (Å²) in [6.07, 6.45) is 2.84. The van der Waals surface area contributed by atoms with E-state index in [1.165, 1.54) is 0 Å². The Bertz CT molecular complexity index is 356. The van der Waals surface area contributed by atoms with E-state index < -0.39 is 0 Å². The number of thiocarbonyl (C=S) groups is 1. The molecule has 0 bridgehead atoms. The van der Waals surface area contributed by atoms with Crippen molar-refractivity contribution in [2.45, 2.75) is 40.0 Å². The Hall–Kier alpha value is -0.640. The van der Waals surface area contributed by atoms with Crippen LogP contribution in [-0.2, 0) is 4.79 Å². The second kappa shape index (κ2) is 3.94. The molecule has 1 saturated heterocycles. The maximum Gasteiger partial charge on any atom is 0.226 e. The topological polar surface area (TPSA) is 46.3 Å². The molecule has 0 radical (unpaired) electrons. The minimum atomic E-state index is -0.0504. The fraction of sp³-hybridized carbons (Fsp3) is 0.846. The second-order valence-corrected chi connectivity index (χ2v) is 6.94. The van der Waals surface area contributed by atoms with Gasteiger partial charge in [0.2, 0.25) is 5.91 Å². The molecule has 1 atom stereocenters. The van der Waals surface area contributed by atoms with E-state index in [2.05, 4.69) is 20.8 Å². The summed E-state index contributed by atoms with van der Waals surface area (Å²) in [5.74, 6) is 0.580. The van der Waals surface area contributed by atoms with Gasteiger partial charge in [-0.25, -0.2) is 0 Å². The smallest absolute Gasteiger partial charge is 0.226 e. The monoisotopic (exact) mass is 254 g/mol. The van der Waals surface area contributed by atoms with Crippen molar-refractivity contribution in [1.82, 2.24) is 4.90 Å². The normalized spacial score (nSPS) is 29.8. The Morgan fingerprint density at radius 1 is 1.29 bits per heavy atom. The SMILES string of the molecule is CC1(C(N)=S)CCN(C(=O)C2CC2(C)C)CC1. The van der Waals surface area contributed by atoms with Gasteiger partial charge in [-0.15, -0.1) is 0 Å². The fourth-order valence-electron chi connectivity index (χ4n) is 2.58. The highest BCUT2D eigenvalue weighted by molar-refractivity contribution is 7.80. The summed E-state index contributed by atoms with van der Waals surface area (Å²) < 4.78 is 0. The molecule has 17 heavy (non-hydrogen) atoms. The first kappa shape index (κ1) is 12.8. The number of likely N-dealkylation sites (tertiary alicyclic amines) is 1. The highest BCUT2D eigenvalue weighted by atomic mass is 32.1. The van der Waals surface area contributed by atoms with E-state index in [9.17, 15) is 4.79 Å². The Morgan fingerprint density at radius 3 is 2.12 bits per heavy atom. The average molecular weight is 254 g/mol. The lowest BCUT2D eigenvalue weighted by atomic mass is 9.80. The third-order valence-electron chi connectivity index (χ3n) is 4.59. The molecule has 1 aliphatic carbocycles. The minimum Gasteiger partial charge on any atom is -0.393 e. The predicted molar refractivity (Wildman–Crippen MR) is 72.6 cm³/mol. The second-order valence-electron chi connectivity index (χ2n) is 6.50. The number of piperidine rings is 1. The van der Waals surface area contributed by atoms with Crippen LogP contribution < -0.4 is 5.73 Å². The Balaban J connectivity index is 1.92. The lowest BCUT2D eigenvalue weighted by Crippen LogP contribution is -2.47. The number of hydrogen-bond acceptors (Lipinski definition) is 2. The van der Waals surface area contributed by atoms with Crippen LogP contribution in [0.3, 0.4) is 0 Å². The number of amides is 1. The molecule has 1 unspecified atom stereocenters. The Kier molecular flexibility index (Phi) is 2.97. The number of nitrogens with two attached hydrogens (primary N) is 1. The van der Waals surface area contributed by atoms with Gasteiger partial charge in [0.05, 0.1) is 4.99 Å². The molecule has 0 aromatic rings. The molecular formula is C13H22N2OS. The van der Waals surface area contributed by atoms with Crippen molar-refractivity contribution in [3.63, 3.8) is 0 Å². The number of hydrogen-bond donors (Lipinski definition) is 1. The molecule has 0 aromatic carbocycles. The molecule has 2 fully saturated rings. The Labute approximate surface area is 109 Å². The van der Waals surface area contributed by atoms with E-state index in [1.54, 1.807) is 0 Å². The maximum absolute atomic E-state index is 12.2. The van der Waals surface area contributed by atoms with Crippen molar-refractivity contribution >= 4 is 23.1 Å². The molecule has 2 N–H and O–H groups in total. The molecule has 0 spiro atoms. The van der Waals surface area contributed by atoms with Crippen molar-refractivity contribution in [2.24, 2.45) is 22.5 Å². The molecule has 1 heterocycles. The van der Waals surface area contributed by atoms with Crippen LogP contribution in [0.5, 0.6) is 0 Å². The first-order chi connectivity index (χ1) is 7.76. The van der Waals surface area contributed by atoms with Crippen LogP contribution in [0.25, 0.3) is 0 Å². The van der Waals surface area contributed by atoms with E-state index in [0.29, 0.717) is 10.9 Å². The molecule has 96 valence electrons. The zero-order valence-corrected chi connectivity index (χ0v) is 11.8. The van der Waals surface area contributed by atoms with Crippen molar-refractivity contribution in [2.75, 3.05) is 13.1 Å². The number of nitrogens with zero attached hydrogens (tertiary/aromatic N) is 1. The zero-order chi connectivity index (χ0) is 12.8. The first-order valence-electron chi connectivity index (χ1n) is 6.35. The third kappa shape index (κ3) is 2.32. The molecule has 3 nitrogen and oxygen atoms in total. The summed E-state index contributed by atoms with van der Waals surface area (Å²) in [5, 5.41) is 0. The standard InChI is InChI=1S/C13H22N2OS/c1-12(2)8-9(12)10(16)15-6-4-13(3,5-7-15)11(14)17/h9H,4-8H2,1-3H3,(H2,14,17). The number of carbonyl (C=O) groups excluding carboxylic acids is 1. The Morgan fingerprint density at radius 2 is 1.76 bits per heavy atom. The third-order valence-corrected chi connectivity index (χ3v) is 5.08. The molecular weight excluding hydrogens is 232 g/mol. The molecule has 1 saturated carbocycles. The minimum absolute atomic E-state index is 0.0504. The van der Waals surface area contributed by atoms with Gasteiger partial charge in [-0.3, -0.25) is 4.79 Å². The highest BCUT2D eigenvalue weighted by Gasteiger charge is 2.52. The van der Waals surface area contributed by atoms with Crippen LogP contribution in [0.2, 0.25) is 0 Å². The van der Waals surface area contributed by atoms with E-state index in [4.69, 9.17) is 18.0 Å². The van der Waals surface area contributed by atoms with Gasteiger partial charge in [0, 0.05) is 24.4 Å². The summed E-state index contributed by atoms with van der Waals surface area (Å²) in [6.45, 7) is 8.05. The molecule has 1 aliphatic heterocycles. The quantitative estimate of drug-likeness (QED) is 0.766. The zero-order valence-electron chi connectivity index (χ0n) is 11.0. The van der Waals surface area contributed by atoms with Crippen molar-refractivity contribution in [3.8, 4) is 0 Å². The van der Waals surface area contributed by atoms with Gasteiger partial charge < -0.3 is 10.6 Å². The van der Waals surface area contributed by atoms with Crippen LogP contribution >= 0.6 is 12.2 Å². The van der Waals surface area contributed by atoms with Crippen LogP contribution in [0.1, 0.15) is 40.0 Å². The van der Waals surface area contributed by atoms with E-state index in [0.717, 1.165) is 32.4 Å². The van der Waals surface area contributed by atoms with Gasteiger partial charge in [-0.2, -0.15) is 0 Å². The van der Waals surface area contributed by atoms with Crippen LogP contribution in [0.4, 0.5) is 0 Å². The van der Waals surface area contributed by atoms with Gasteiger partial charge in [-0.1, -0.05) is 33.0 Å². The molecule has 1 amide bonds. The van der Waals surface area contributed by atoms with Gasteiger partial charge >= 0.3 is 0 Å². The number of rotatable bonds is 2. The van der Waals surface area contributed by atoms with Gasteiger partial charge in [0.1, 0.15) is 0 Å². The van der Waals surface area contributed by atoms with Crippen molar-refractivity contribution < 1.29 is 4.79 Å². The lowest BCUT2D eigenvalue weighted by Gasteiger charge is -2.39. The van der Waals surface area contributed by atoms with Crippen LogP contribution in [0.15, 0.2) is 0 Å². The summed E-state index contributed by atoms with van der Waals surface area (Å²) >= 11 is 5.11. The first-order valence-corrected chi connectivity index (χ1v) is 6.76. The summed E-state index contributed by atoms with van der Waals surface area (Å²) in [7, 11) is 0. The van der Waals surface area contributed by atoms with E-state index in [1.807, 2.05) is 4.90 Å². The summed E-state index contributed by atoms with van der Waals surface area (Å²) in [6, 6.07) is 0. The lowest BCUT2D eigenvalue weighted by molar-refractivity contribution is -0.135. The van der Waals surface area contributed by atoms with Crippen LogP contribution in [0, 0.1) is 16.7 Å². The van der Waals surface area contributed by atoms with Gasteiger partial charge in [0.15, 0.2) is 0 Å². The van der Waals surface area contributed by atoms with E-state index in [-0.39, 0.29) is 16.7 Å². The fourth-order valence-corrected chi connectivity index (χ4v) is 2.78. The van der Waals surface area contributed by atoms with Crippen LogP contribution in [-0.4, -0.2) is 28.9 Å². The van der Waals surface area contributed by atoms with Gasteiger partial charge in [-0.05, 0) is 24.7 Å². The molecule has 2 aliphatic rings. The van der Waals surface area contributed by atoms with Gasteiger partial charge in [0.25, 0.3) is 0 Å². The predicted octanol–water partition coefficient (Wildman–Crippen LogP) is 1.95. The van der Waals surface area contributed by atoms with E-state index >= 15 is 0 Å². The maximum atomic E-state index is 12.2. The average Bonchev–Trinajstić information content (AvgIpc) is 2.88. The molecule has 0 aromatic heterocycles. The largest absolute Gasteiger partial charge is 0.393 e. The summed E-state index contributed by atoms with van der Waals surface area (Å²) in [4.78, 5) is 14.8.